The summed E-state index contributed by atoms with van der Waals surface area (Å²) in [6, 6.07) is 4.46. The number of hydrogen-bond acceptors (Lipinski definition) is 2. The van der Waals surface area contributed by atoms with Gasteiger partial charge in [-0.05, 0) is 37.0 Å². The largest absolute Gasteiger partial charge is 0.416 e. The third-order valence-corrected chi connectivity index (χ3v) is 4.91. The van der Waals surface area contributed by atoms with Crippen LogP contribution in [0.5, 0.6) is 0 Å². The van der Waals surface area contributed by atoms with E-state index in [0.29, 0.717) is 38.5 Å². The van der Waals surface area contributed by atoms with Crippen LogP contribution < -0.4 is 0 Å². The minimum atomic E-state index is -4.48. The van der Waals surface area contributed by atoms with Crippen molar-refractivity contribution in [2.75, 3.05) is 26.2 Å². The second-order valence-electron chi connectivity index (χ2n) is 6.72. The summed E-state index contributed by atoms with van der Waals surface area (Å²) in [7, 11) is 0. The van der Waals surface area contributed by atoms with Gasteiger partial charge in [0, 0.05) is 38.2 Å². The van der Waals surface area contributed by atoms with Crippen molar-refractivity contribution in [2.45, 2.75) is 25.4 Å². The number of carbonyl (C=O) groups is 2. The lowest BCUT2D eigenvalue weighted by molar-refractivity contribution is -0.137. The van der Waals surface area contributed by atoms with Gasteiger partial charge in [0.1, 0.15) is 0 Å². The Morgan fingerprint density at radius 2 is 1.77 bits per heavy atom. The van der Waals surface area contributed by atoms with Gasteiger partial charge >= 0.3 is 6.18 Å². The number of hydrogen-bond donors (Lipinski definition) is 0. The summed E-state index contributed by atoms with van der Waals surface area (Å²) in [5, 5.41) is 0. The van der Waals surface area contributed by atoms with Crippen molar-refractivity contribution >= 4 is 11.8 Å². The predicted molar refractivity (Wildman–Crippen MR) is 90.4 cm³/mol. The minimum Gasteiger partial charge on any atom is -0.339 e. The normalized spacial score (nSPS) is 20.5. The predicted octanol–water partition coefficient (Wildman–Crippen LogP) is 3.35. The van der Waals surface area contributed by atoms with E-state index < -0.39 is 17.6 Å². The highest BCUT2D eigenvalue weighted by Crippen LogP contribution is 2.30. The third-order valence-electron chi connectivity index (χ3n) is 4.91. The summed E-state index contributed by atoms with van der Waals surface area (Å²) in [6.07, 6.45) is 2.18. The fraction of sp³-hybridized carbons (Fsp3) is 0.474. The number of benzene rings is 1. The van der Waals surface area contributed by atoms with E-state index in [1.165, 1.54) is 17.0 Å². The summed E-state index contributed by atoms with van der Waals surface area (Å²) >= 11 is 0. The van der Waals surface area contributed by atoms with Crippen molar-refractivity contribution in [1.82, 2.24) is 9.80 Å². The molecule has 1 aromatic rings. The molecule has 1 aliphatic heterocycles. The molecule has 0 aromatic heterocycles. The average molecular weight is 366 g/mol. The van der Waals surface area contributed by atoms with E-state index in [-0.39, 0.29) is 11.5 Å². The number of carbonyl (C=O) groups excluding carboxylic acids is 2. The van der Waals surface area contributed by atoms with E-state index in [2.05, 4.69) is 12.2 Å². The van der Waals surface area contributed by atoms with Crippen LogP contribution >= 0.6 is 0 Å². The van der Waals surface area contributed by atoms with Crippen LogP contribution in [0, 0.1) is 5.92 Å². The van der Waals surface area contributed by atoms with Crippen molar-refractivity contribution in [2.24, 2.45) is 5.92 Å². The van der Waals surface area contributed by atoms with Crippen molar-refractivity contribution < 1.29 is 22.8 Å². The number of piperazine rings is 1. The molecular formula is C19H21F3N2O2. The van der Waals surface area contributed by atoms with Gasteiger partial charge in [0.15, 0.2) is 0 Å². The molecule has 1 aliphatic carbocycles. The fourth-order valence-corrected chi connectivity index (χ4v) is 3.39. The van der Waals surface area contributed by atoms with Crippen LogP contribution in [-0.2, 0) is 11.0 Å². The first kappa shape index (κ1) is 18.5. The Bertz CT molecular complexity index is 707. The van der Waals surface area contributed by atoms with Crippen LogP contribution in [0.4, 0.5) is 13.2 Å². The molecule has 140 valence electrons. The number of amides is 2. The Balaban J connectivity index is 1.56. The quantitative estimate of drug-likeness (QED) is 0.770. The highest BCUT2D eigenvalue weighted by Gasteiger charge is 2.32. The van der Waals surface area contributed by atoms with Gasteiger partial charge in [0.2, 0.25) is 5.91 Å². The maximum atomic E-state index is 12.8. The average Bonchev–Trinajstić information content (AvgIpc) is 3.13. The molecule has 0 saturated carbocycles. The number of alkyl halides is 3. The van der Waals surface area contributed by atoms with Gasteiger partial charge < -0.3 is 9.80 Å². The lowest BCUT2D eigenvalue weighted by Crippen LogP contribution is -2.50. The SMILES string of the molecule is O=C(C[C@H]1C=CCC1)N1CCN(C(=O)c2cccc(C(F)(F)F)c2)CC1. The zero-order chi connectivity index (χ0) is 18.7. The number of rotatable bonds is 3. The smallest absolute Gasteiger partial charge is 0.339 e. The highest BCUT2D eigenvalue weighted by molar-refractivity contribution is 5.94. The van der Waals surface area contributed by atoms with Crippen LogP contribution in [0.1, 0.15) is 35.2 Å². The zero-order valence-corrected chi connectivity index (χ0v) is 14.3. The van der Waals surface area contributed by atoms with Crippen molar-refractivity contribution in [1.29, 1.82) is 0 Å². The van der Waals surface area contributed by atoms with E-state index in [4.69, 9.17) is 0 Å². The fourth-order valence-electron chi connectivity index (χ4n) is 3.39. The third kappa shape index (κ3) is 4.26. The number of nitrogens with zero attached hydrogens (tertiary/aromatic N) is 2. The van der Waals surface area contributed by atoms with Crippen LogP contribution in [0.15, 0.2) is 36.4 Å². The molecule has 1 saturated heterocycles. The summed E-state index contributed by atoms with van der Waals surface area (Å²) in [4.78, 5) is 28.0. The molecule has 0 N–H and O–H groups in total. The van der Waals surface area contributed by atoms with E-state index in [0.717, 1.165) is 25.0 Å². The zero-order valence-electron chi connectivity index (χ0n) is 14.3. The lowest BCUT2D eigenvalue weighted by atomic mass is 10.0. The highest BCUT2D eigenvalue weighted by atomic mass is 19.4. The number of allylic oxidation sites excluding steroid dienone is 2. The molecule has 2 amide bonds. The Morgan fingerprint density at radius 1 is 1.08 bits per heavy atom. The van der Waals surface area contributed by atoms with Gasteiger partial charge in [-0.1, -0.05) is 18.2 Å². The summed E-state index contributed by atoms with van der Waals surface area (Å²) in [6.45, 7) is 1.50. The molecule has 4 nitrogen and oxygen atoms in total. The Morgan fingerprint density at radius 3 is 2.38 bits per heavy atom. The van der Waals surface area contributed by atoms with Gasteiger partial charge in [-0.3, -0.25) is 9.59 Å². The second kappa shape index (κ2) is 7.51. The first-order chi connectivity index (χ1) is 12.3. The van der Waals surface area contributed by atoms with E-state index in [1.54, 1.807) is 4.90 Å². The van der Waals surface area contributed by atoms with Crippen molar-refractivity contribution in [3.05, 3.63) is 47.5 Å². The molecule has 7 heteroatoms. The van der Waals surface area contributed by atoms with Gasteiger partial charge in [-0.15, -0.1) is 0 Å². The molecule has 1 fully saturated rings. The second-order valence-corrected chi connectivity index (χ2v) is 6.72. The molecule has 0 bridgehead atoms. The topological polar surface area (TPSA) is 40.6 Å². The van der Waals surface area contributed by atoms with E-state index in [1.807, 2.05) is 0 Å². The van der Waals surface area contributed by atoms with Crippen LogP contribution in [-0.4, -0.2) is 47.8 Å². The van der Waals surface area contributed by atoms with Gasteiger partial charge in [-0.25, -0.2) is 0 Å². The van der Waals surface area contributed by atoms with Crippen LogP contribution in [0.3, 0.4) is 0 Å². The molecule has 1 heterocycles. The van der Waals surface area contributed by atoms with Crippen molar-refractivity contribution in [3.63, 3.8) is 0 Å². The van der Waals surface area contributed by atoms with Crippen LogP contribution in [0.25, 0.3) is 0 Å². The van der Waals surface area contributed by atoms with Gasteiger partial charge in [0.25, 0.3) is 5.91 Å². The maximum absolute atomic E-state index is 12.8. The van der Waals surface area contributed by atoms with Gasteiger partial charge in [0.05, 0.1) is 5.56 Å². The molecule has 3 rings (SSSR count). The minimum absolute atomic E-state index is 0.0238. The molecule has 2 aliphatic rings. The molecule has 0 radical (unpaired) electrons. The Kier molecular flexibility index (Phi) is 5.34. The van der Waals surface area contributed by atoms with Gasteiger partial charge in [-0.2, -0.15) is 13.2 Å². The maximum Gasteiger partial charge on any atom is 0.416 e. The van der Waals surface area contributed by atoms with E-state index in [9.17, 15) is 22.8 Å². The molecule has 1 atom stereocenters. The molecule has 1 aromatic carbocycles. The van der Waals surface area contributed by atoms with Crippen LogP contribution in [0.2, 0.25) is 0 Å². The first-order valence-corrected chi connectivity index (χ1v) is 8.75. The molecule has 26 heavy (non-hydrogen) atoms. The summed E-state index contributed by atoms with van der Waals surface area (Å²) in [5.41, 5.74) is -0.808. The Hall–Kier alpha value is -2.31. The number of halogens is 3. The molecule has 0 unspecified atom stereocenters. The standard InChI is InChI=1S/C19H21F3N2O2/c20-19(21,22)16-7-3-6-15(13-16)18(26)24-10-8-23(9-11-24)17(25)12-14-4-1-2-5-14/h1,3-4,6-7,13-14H,2,5,8-12H2/t14-/m0/s1. The van der Waals surface area contributed by atoms with E-state index >= 15 is 0 Å². The summed E-state index contributed by atoms with van der Waals surface area (Å²) in [5.74, 6) is -0.0538. The van der Waals surface area contributed by atoms with Crippen molar-refractivity contribution in [3.8, 4) is 0 Å². The first-order valence-electron chi connectivity index (χ1n) is 8.75. The lowest BCUT2D eigenvalue weighted by Gasteiger charge is -2.35. The molecular weight excluding hydrogens is 345 g/mol. The summed E-state index contributed by atoms with van der Waals surface area (Å²) < 4.78 is 38.4. The monoisotopic (exact) mass is 366 g/mol. The Labute approximate surface area is 150 Å². The molecule has 0 spiro atoms.